The van der Waals surface area contributed by atoms with Crippen molar-refractivity contribution in [2.24, 2.45) is 0 Å². The average molecular weight is 685 g/mol. The van der Waals surface area contributed by atoms with Gasteiger partial charge < -0.3 is 29.7 Å². The van der Waals surface area contributed by atoms with E-state index < -0.39 is 11.2 Å². The minimum atomic E-state index is -1.71. The monoisotopic (exact) mass is 684 g/mol. The highest BCUT2D eigenvalue weighted by Crippen LogP contribution is 2.48. The van der Waals surface area contributed by atoms with E-state index in [1.54, 1.807) is 13.0 Å². The highest BCUT2D eigenvalue weighted by atomic mass is 16.5. The van der Waals surface area contributed by atoms with Crippen LogP contribution in [0.3, 0.4) is 0 Å². The lowest BCUT2D eigenvalue weighted by Crippen LogP contribution is -2.43. The van der Waals surface area contributed by atoms with Crippen LogP contribution in [-0.2, 0) is 31.9 Å². The van der Waals surface area contributed by atoms with E-state index in [1.165, 1.54) is 13.5 Å². The summed E-state index contributed by atoms with van der Waals surface area (Å²) >= 11 is 0. The lowest BCUT2D eigenvalue weighted by molar-refractivity contribution is -0.148. The minimum absolute atomic E-state index is 0.00566. The van der Waals surface area contributed by atoms with Gasteiger partial charge in [0.2, 0.25) is 0 Å². The third kappa shape index (κ3) is 5.89. The molecule has 0 fully saturated rings. The molecule has 0 amide bonds. The van der Waals surface area contributed by atoms with E-state index in [2.05, 4.69) is 36.8 Å². The summed E-state index contributed by atoms with van der Waals surface area (Å²) < 4.78 is 11.4. The van der Waals surface area contributed by atoms with Gasteiger partial charge in [0.25, 0.3) is 0 Å². The number of Topliss-reactive ketones (excluding diaryl/α,β-unsaturated/α-hetero) is 1. The van der Waals surface area contributed by atoms with Crippen LogP contribution in [-0.4, -0.2) is 55.6 Å². The van der Waals surface area contributed by atoms with Crippen LogP contribution in [0.15, 0.2) is 18.2 Å². The second-order valence-electron chi connectivity index (χ2n) is 14.6. The molecular weight excluding hydrogens is 632 g/mol. The molecule has 0 saturated carbocycles. The number of nitrogens with one attached hydrogen (secondary N) is 2. The average Bonchev–Trinajstić information content (AvgIpc) is 3.81. The molecule has 10 heteroatoms. The van der Waals surface area contributed by atoms with Crippen molar-refractivity contribution in [3.63, 3.8) is 0 Å². The fraction of sp³-hybridized carbons (Fsp3) is 0.550. The first kappa shape index (κ1) is 35.9. The second kappa shape index (κ2) is 13.7. The number of aromatic nitrogens is 4. The number of aryl methyl sites for hydroxylation is 2. The molecular formula is C40H52N4O6. The van der Waals surface area contributed by atoms with E-state index in [-0.39, 0.29) is 49.0 Å². The van der Waals surface area contributed by atoms with Crippen molar-refractivity contribution in [1.82, 2.24) is 19.9 Å². The number of nitrogens with zero attached hydrogens (tertiary/aromatic N) is 2. The molecule has 0 aromatic carbocycles. The van der Waals surface area contributed by atoms with Crippen molar-refractivity contribution in [2.75, 3.05) is 13.7 Å². The highest BCUT2D eigenvalue weighted by Gasteiger charge is 2.53. The molecule has 3 aromatic rings. The number of aliphatic hydroxyl groups is 2. The Kier molecular flexibility index (Phi) is 9.85. The van der Waals surface area contributed by atoms with E-state index >= 15 is 0 Å². The van der Waals surface area contributed by atoms with Gasteiger partial charge in [-0.3, -0.25) is 19.6 Å². The molecule has 268 valence electrons. The number of ether oxygens (including phenoxy) is 2. The number of fused-ring (bicyclic) bond motifs is 8. The molecule has 6 rings (SSSR count). The Bertz CT molecular complexity index is 1990. The lowest BCUT2D eigenvalue weighted by atomic mass is 9.80. The molecule has 0 spiro atoms. The lowest BCUT2D eigenvalue weighted by Gasteiger charge is -2.34. The molecule has 0 saturated heterocycles. The summed E-state index contributed by atoms with van der Waals surface area (Å²) in [4.78, 5) is 43.2. The number of hydrogen-bond acceptors (Lipinski definition) is 8. The quantitative estimate of drug-likeness (QED) is 0.119. The van der Waals surface area contributed by atoms with E-state index in [4.69, 9.17) is 19.4 Å². The zero-order valence-corrected chi connectivity index (χ0v) is 30.7. The molecule has 5 atom stereocenters. The first-order valence-corrected chi connectivity index (χ1v) is 18.2. The van der Waals surface area contributed by atoms with Crippen molar-refractivity contribution in [2.45, 2.75) is 129 Å². The Hall–Kier alpha value is -3.86. The number of carbonyl (C=O) groups excluding carboxylic acids is 2. The smallest absolute Gasteiger partial charge is 0.305 e. The van der Waals surface area contributed by atoms with Crippen LogP contribution < -0.4 is 0 Å². The topological polar surface area (TPSA) is 150 Å². The van der Waals surface area contributed by atoms with Crippen molar-refractivity contribution in [3.8, 4) is 0 Å². The van der Waals surface area contributed by atoms with Crippen LogP contribution in [0.2, 0.25) is 0 Å². The standard InChI is InChI=1S/C40H52N4O6/c1-9-11-12-13-16-50-24(6)35-22(4)28-18-27-21(3)25(14-15-34(46)49-8)37(42-27)26-17-31(45)36-23(5)29(43-38(26)36)19-33-40(48,10-2)39(7,47)32(44-33)20-30(35)41-28/h18-21,24-25,41,43,47-48H,9-17H2,1-8H3/t21-,24?,25-,39+,40-/m0/s1. The van der Waals surface area contributed by atoms with Crippen LogP contribution in [0.4, 0.5) is 0 Å². The van der Waals surface area contributed by atoms with Gasteiger partial charge in [-0.15, -0.1) is 0 Å². The van der Waals surface area contributed by atoms with Crippen molar-refractivity contribution in [3.05, 3.63) is 68.8 Å². The first-order valence-electron chi connectivity index (χ1n) is 18.2. The van der Waals surface area contributed by atoms with Crippen LogP contribution >= 0.6 is 0 Å². The number of rotatable bonds is 11. The number of ketones is 1. The number of H-pyrrole nitrogens is 2. The van der Waals surface area contributed by atoms with Gasteiger partial charge in [0, 0.05) is 70.2 Å². The molecule has 2 aliphatic heterocycles. The fourth-order valence-corrected chi connectivity index (χ4v) is 8.24. The predicted molar refractivity (Wildman–Crippen MR) is 193 cm³/mol. The summed E-state index contributed by atoms with van der Waals surface area (Å²) in [5.41, 5.74) is 6.00. The summed E-state index contributed by atoms with van der Waals surface area (Å²) in [7, 11) is 1.40. The van der Waals surface area contributed by atoms with Crippen molar-refractivity contribution >= 4 is 33.8 Å². The zero-order valence-electron chi connectivity index (χ0n) is 30.7. The van der Waals surface area contributed by atoms with Gasteiger partial charge in [-0.05, 0) is 76.3 Å². The third-order valence-electron chi connectivity index (χ3n) is 11.5. The van der Waals surface area contributed by atoms with Gasteiger partial charge in [0.05, 0.1) is 35.8 Å². The third-order valence-corrected chi connectivity index (χ3v) is 11.5. The van der Waals surface area contributed by atoms with Crippen molar-refractivity contribution < 1.29 is 29.3 Å². The SMILES string of the molecule is CCCCCCOC(C)c1c(C)c2cc3nc(c4c5[nH]c(cc6nc(cc1[nH]2)[C@@](C)(O)[C@]6(O)CC)c(C)c5C(=O)C4)[C@@H](CCC(=O)OC)[C@@H]3C. The first-order chi connectivity index (χ1) is 23.8. The summed E-state index contributed by atoms with van der Waals surface area (Å²) in [6.45, 7) is 14.4. The number of hydrogen-bond donors (Lipinski definition) is 4. The highest BCUT2D eigenvalue weighted by molar-refractivity contribution is 6.13. The van der Waals surface area contributed by atoms with E-state index in [9.17, 15) is 19.8 Å². The maximum atomic E-state index is 13.6. The molecule has 5 heterocycles. The minimum Gasteiger partial charge on any atom is -0.469 e. The van der Waals surface area contributed by atoms with Gasteiger partial charge in [0.15, 0.2) is 5.78 Å². The Morgan fingerprint density at radius 1 is 1.02 bits per heavy atom. The van der Waals surface area contributed by atoms with Gasteiger partial charge >= 0.3 is 5.97 Å². The molecule has 0 radical (unpaired) electrons. The summed E-state index contributed by atoms with van der Waals surface area (Å²) in [6, 6.07) is 5.65. The molecule has 3 aliphatic rings. The number of carbonyl (C=O) groups is 2. The number of unbranched alkanes of at least 4 members (excludes halogenated alkanes) is 3. The van der Waals surface area contributed by atoms with Crippen LogP contribution in [0.25, 0.3) is 22.1 Å². The molecule has 3 aromatic heterocycles. The van der Waals surface area contributed by atoms with Crippen LogP contribution in [0.5, 0.6) is 0 Å². The van der Waals surface area contributed by atoms with E-state index in [0.29, 0.717) is 41.0 Å². The molecule has 4 N–H and O–H groups in total. The molecule has 1 aliphatic carbocycles. The summed E-state index contributed by atoms with van der Waals surface area (Å²) in [5, 5.41) is 24.1. The van der Waals surface area contributed by atoms with Gasteiger partial charge in [0.1, 0.15) is 11.2 Å². The Labute approximate surface area is 294 Å². The second-order valence-corrected chi connectivity index (χ2v) is 14.6. The summed E-state index contributed by atoms with van der Waals surface area (Å²) in [5.74, 6) is -0.437. The largest absolute Gasteiger partial charge is 0.469 e. The fourth-order valence-electron chi connectivity index (χ4n) is 8.24. The van der Waals surface area contributed by atoms with Gasteiger partial charge in [-0.2, -0.15) is 0 Å². The van der Waals surface area contributed by atoms with Gasteiger partial charge in [-0.25, -0.2) is 0 Å². The van der Waals surface area contributed by atoms with Crippen molar-refractivity contribution in [1.29, 1.82) is 0 Å². The molecule has 50 heavy (non-hydrogen) atoms. The molecule has 10 nitrogen and oxygen atoms in total. The zero-order chi connectivity index (χ0) is 36.1. The maximum absolute atomic E-state index is 13.6. The van der Waals surface area contributed by atoms with Crippen LogP contribution in [0.1, 0.15) is 153 Å². The number of esters is 1. The van der Waals surface area contributed by atoms with Crippen LogP contribution in [0, 0.1) is 13.8 Å². The maximum Gasteiger partial charge on any atom is 0.305 e. The summed E-state index contributed by atoms with van der Waals surface area (Å²) in [6.07, 6.45) is 5.33. The van der Waals surface area contributed by atoms with E-state index in [0.717, 1.165) is 63.9 Å². The Morgan fingerprint density at radius 2 is 1.74 bits per heavy atom. The Morgan fingerprint density at radius 3 is 2.44 bits per heavy atom. The predicted octanol–water partition coefficient (Wildman–Crippen LogP) is 7.67. The molecule has 8 bridgehead atoms. The normalized spacial score (nSPS) is 23.4. The Balaban J connectivity index is 1.67. The van der Waals surface area contributed by atoms with E-state index in [1.807, 2.05) is 26.8 Å². The number of methoxy groups -OCH3 is 1. The molecule has 1 unspecified atom stereocenters. The number of aromatic amines is 2. The van der Waals surface area contributed by atoms with Gasteiger partial charge in [-0.1, -0.05) is 40.0 Å².